The van der Waals surface area contributed by atoms with Gasteiger partial charge in [-0.05, 0) is 57.8 Å². The van der Waals surface area contributed by atoms with Crippen LogP contribution in [0.4, 0.5) is 0 Å². The van der Waals surface area contributed by atoms with E-state index in [1.807, 2.05) is 6.92 Å². The van der Waals surface area contributed by atoms with Crippen molar-refractivity contribution in [3.05, 3.63) is 34.9 Å². The third kappa shape index (κ3) is 3.06. The van der Waals surface area contributed by atoms with E-state index in [0.717, 1.165) is 36.4 Å². The van der Waals surface area contributed by atoms with Gasteiger partial charge in [-0.1, -0.05) is 11.6 Å². The maximum Gasteiger partial charge on any atom is 0.262 e. The molecule has 3 rings (SSSR count). The molecule has 2 unspecified atom stereocenters. The maximum atomic E-state index is 12.5. The summed E-state index contributed by atoms with van der Waals surface area (Å²) < 4.78 is 0. The summed E-state index contributed by atoms with van der Waals surface area (Å²) in [6.07, 6.45) is 2.04. The molecule has 128 valence electrons. The zero-order chi connectivity index (χ0) is 17.3. The lowest BCUT2D eigenvalue weighted by Gasteiger charge is -2.22. The first-order valence-corrected chi connectivity index (χ1v) is 8.46. The van der Waals surface area contributed by atoms with Crippen LogP contribution >= 0.6 is 0 Å². The minimum atomic E-state index is -0.806. The van der Waals surface area contributed by atoms with Crippen LogP contribution in [0.25, 0.3) is 0 Å². The first-order chi connectivity index (χ1) is 11.5. The van der Waals surface area contributed by atoms with Crippen LogP contribution in [0, 0.1) is 12.8 Å². The molecule has 0 aromatic heterocycles. The number of nitrogens with zero attached hydrogens (tertiary/aromatic N) is 1. The van der Waals surface area contributed by atoms with Crippen molar-refractivity contribution in [1.82, 2.24) is 15.5 Å². The molecule has 2 aliphatic heterocycles. The molecule has 3 amide bonds. The normalized spacial score (nSPS) is 21.1. The Morgan fingerprint density at radius 3 is 2.79 bits per heavy atom. The van der Waals surface area contributed by atoms with Crippen molar-refractivity contribution >= 4 is 17.7 Å². The standard InChI is InChI=1S/C18H23N3O3/c1-11-3-4-14-15(9-11)18(24)21(17(14)23)12(2)16(22)20-8-6-13-5-7-19-10-13/h3-4,9,12-13,19H,5-8,10H2,1-2H3,(H,20,22). The van der Waals surface area contributed by atoms with E-state index in [0.29, 0.717) is 23.6 Å². The van der Waals surface area contributed by atoms with E-state index in [1.165, 1.54) is 0 Å². The predicted molar refractivity (Wildman–Crippen MR) is 89.7 cm³/mol. The summed E-state index contributed by atoms with van der Waals surface area (Å²) in [5, 5.41) is 6.15. The fourth-order valence-corrected chi connectivity index (χ4v) is 3.35. The summed E-state index contributed by atoms with van der Waals surface area (Å²) >= 11 is 0. The minimum absolute atomic E-state index is 0.285. The molecule has 24 heavy (non-hydrogen) atoms. The Morgan fingerprint density at radius 2 is 2.08 bits per heavy atom. The van der Waals surface area contributed by atoms with Gasteiger partial charge >= 0.3 is 0 Å². The number of imide groups is 1. The number of carbonyl (C=O) groups excluding carboxylic acids is 3. The van der Waals surface area contributed by atoms with Crippen LogP contribution in [0.5, 0.6) is 0 Å². The highest BCUT2D eigenvalue weighted by Crippen LogP contribution is 2.25. The third-order valence-corrected chi connectivity index (χ3v) is 4.85. The molecule has 1 fully saturated rings. The molecule has 2 N–H and O–H groups in total. The van der Waals surface area contributed by atoms with E-state index in [9.17, 15) is 14.4 Å². The molecule has 0 aliphatic carbocycles. The number of benzene rings is 1. The summed E-state index contributed by atoms with van der Waals surface area (Å²) in [4.78, 5) is 38.4. The second kappa shape index (κ2) is 6.73. The molecule has 0 radical (unpaired) electrons. The highest BCUT2D eigenvalue weighted by molar-refractivity contribution is 6.22. The van der Waals surface area contributed by atoms with E-state index in [-0.39, 0.29) is 11.8 Å². The van der Waals surface area contributed by atoms with E-state index in [4.69, 9.17) is 0 Å². The summed E-state index contributed by atoms with van der Waals surface area (Å²) in [5.74, 6) is -0.478. The molecule has 1 aromatic rings. The Balaban J connectivity index is 1.62. The molecule has 0 saturated carbocycles. The summed E-state index contributed by atoms with van der Waals surface area (Å²) in [6.45, 7) is 6.06. The van der Waals surface area contributed by atoms with Gasteiger partial charge in [0.25, 0.3) is 11.8 Å². The molecule has 1 saturated heterocycles. The smallest absolute Gasteiger partial charge is 0.262 e. The van der Waals surface area contributed by atoms with E-state index in [1.54, 1.807) is 25.1 Å². The minimum Gasteiger partial charge on any atom is -0.354 e. The van der Waals surface area contributed by atoms with Gasteiger partial charge in [-0.2, -0.15) is 0 Å². The Morgan fingerprint density at radius 1 is 1.33 bits per heavy atom. The average Bonchev–Trinajstić information content (AvgIpc) is 3.15. The van der Waals surface area contributed by atoms with Gasteiger partial charge in [-0.3, -0.25) is 19.3 Å². The summed E-state index contributed by atoms with van der Waals surface area (Å²) in [5.41, 5.74) is 1.68. The Labute approximate surface area is 141 Å². The SMILES string of the molecule is Cc1ccc2c(c1)C(=O)N(C(C)C(=O)NCCC1CCNC1)C2=O. The number of carbonyl (C=O) groups is 3. The Bertz CT molecular complexity index is 680. The maximum absolute atomic E-state index is 12.5. The van der Waals surface area contributed by atoms with Gasteiger partial charge in [0, 0.05) is 6.54 Å². The predicted octanol–water partition coefficient (Wildman–Crippen LogP) is 1.10. The van der Waals surface area contributed by atoms with Gasteiger partial charge in [0.1, 0.15) is 6.04 Å². The van der Waals surface area contributed by atoms with E-state index < -0.39 is 11.9 Å². The lowest BCUT2D eigenvalue weighted by molar-refractivity contribution is -0.124. The number of aryl methyl sites for hydroxylation is 1. The van der Waals surface area contributed by atoms with Gasteiger partial charge in [0.15, 0.2) is 0 Å². The van der Waals surface area contributed by atoms with Crippen LogP contribution in [0.15, 0.2) is 18.2 Å². The number of nitrogens with one attached hydrogen (secondary N) is 2. The number of amides is 3. The van der Waals surface area contributed by atoms with Crippen LogP contribution in [-0.2, 0) is 4.79 Å². The molecule has 1 aromatic carbocycles. The molecule has 2 aliphatic rings. The quantitative estimate of drug-likeness (QED) is 0.793. The van der Waals surface area contributed by atoms with Gasteiger partial charge in [-0.25, -0.2) is 0 Å². The summed E-state index contributed by atoms with van der Waals surface area (Å²) in [6, 6.07) is 4.35. The van der Waals surface area contributed by atoms with Crippen LogP contribution in [-0.4, -0.2) is 48.3 Å². The largest absolute Gasteiger partial charge is 0.354 e. The van der Waals surface area contributed by atoms with Crippen molar-refractivity contribution in [2.24, 2.45) is 5.92 Å². The molecular weight excluding hydrogens is 306 g/mol. The van der Waals surface area contributed by atoms with Crippen molar-refractivity contribution in [3.8, 4) is 0 Å². The fraction of sp³-hybridized carbons (Fsp3) is 0.500. The number of hydrogen-bond donors (Lipinski definition) is 2. The van der Waals surface area contributed by atoms with Gasteiger partial charge in [0.05, 0.1) is 11.1 Å². The van der Waals surface area contributed by atoms with Crippen LogP contribution in [0.2, 0.25) is 0 Å². The zero-order valence-corrected chi connectivity index (χ0v) is 14.1. The molecule has 0 spiro atoms. The zero-order valence-electron chi connectivity index (χ0n) is 14.1. The topological polar surface area (TPSA) is 78.5 Å². The van der Waals surface area contributed by atoms with Crippen LogP contribution in [0.1, 0.15) is 46.0 Å². The van der Waals surface area contributed by atoms with Gasteiger partial charge in [0.2, 0.25) is 5.91 Å². The molecule has 2 atom stereocenters. The average molecular weight is 329 g/mol. The molecule has 0 bridgehead atoms. The highest BCUT2D eigenvalue weighted by atomic mass is 16.2. The first kappa shape index (κ1) is 16.6. The number of hydrogen-bond acceptors (Lipinski definition) is 4. The van der Waals surface area contributed by atoms with Crippen molar-refractivity contribution in [1.29, 1.82) is 0 Å². The van der Waals surface area contributed by atoms with E-state index in [2.05, 4.69) is 10.6 Å². The number of rotatable bonds is 5. The number of fused-ring (bicyclic) bond motifs is 1. The molecular formula is C18H23N3O3. The summed E-state index contributed by atoms with van der Waals surface area (Å²) in [7, 11) is 0. The van der Waals surface area contributed by atoms with Gasteiger partial charge in [-0.15, -0.1) is 0 Å². The molecule has 6 nitrogen and oxygen atoms in total. The molecule has 6 heteroatoms. The van der Waals surface area contributed by atoms with Crippen molar-refractivity contribution < 1.29 is 14.4 Å². The van der Waals surface area contributed by atoms with Gasteiger partial charge < -0.3 is 10.6 Å². The highest BCUT2D eigenvalue weighted by Gasteiger charge is 2.40. The van der Waals surface area contributed by atoms with Crippen molar-refractivity contribution in [2.45, 2.75) is 32.7 Å². The second-order valence-electron chi connectivity index (χ2n) is 6.64. The Kier molecular flexibility index (Phi) is 4.66. The van der Waals surface area contributed by atoms with Crippen LogP contribution in [0.3, 0.4) is 0 Å². The van der Waals surface area contributed by atoms with Crippen LogP contribution < -0.4 is 10.6 Å². The second-order valence-corrected chi connectivity index (χ2v) is 6.64. The van der Waals surface area contributed by atoms with E-state index >= 15 is 0 Å². The molecule has 2 heterocycles. The third-order valence-electron chi connectivity index (χ3n) is 4.85. The van der Waals surface area contributed by atoms with Crippen molar-refractivity contribution in [3.63, 3.8) is 0 Å². The lowest BCUT2D eigenvalue weighted by Crippen LogP contribution is -2.48. The first-order valence-electron chi connectivity index (χ1n) is 8.46. The lowest BCUT2D eigenvalue weighted by atomic mass is 10.1. The fourth-order valence-electron chi connectivity index (χ4n) is 3.35. The monoisotopic (exact) mass is 329 g/mol. The van der Waals surface area contributed by atoms with Crippen molar-refractivity contribution in [2.75, 3.05) is 19.6 Å². The Hall–Kier alpha value is -2.21.